The maximum atomic E-state index is 11.9. The lowest BCUT2D eigenvalue weighted by molar-refractivity contribution is -0.124. The molecule has 1 atom stereocenters. The number of esters is 1. The number of nitrogens with one attached hydrogen (secondary N) is 1. The second-order valence-electron chi connectivity index (χ2n) is 5.15. The molecule has 0 heterocycles. The Balaban J connectivity index is 1.87. The van der Waals surface area contributed by atoms with E-state index >= 15 is 0 Å². The van der Waals surface area contributed by atoms with E-state index in [0.717, 1.165) is 5.56 Å². The van der Waals surface area contributed by atoms with Crippen LogP contribution in [0, 0.1) is 0 Å². The van der Waals surface area contributed by atoms with Crippen LogP contribution in [0.2, 0.25) is 5.02 Å². The van der Waals surface area contributed by atoms with E-state index in [1.165, 1.54) is 7.11 Å². The van der Waals surface area contributed by atoms with E-state index in [2.05, 4.69) is 5.32 Å². The normalized spacial score (nSPS) is 11.5. The zero-order chi connectivity index (χ0) is 17.5. The molecule has 0 fully saturated rings. The number of halogens is 1. The lowest BCUT2D eigenvalue weighted by Gasteiger charge is -2.14. The van der Waals surface area contributed by atoms with Gasteiger partial charge in [0.05, 0.1) is 18.7 Å². The largest absolute Gasteiger partial charge is 0.497 e. The molecule has 0 aliphatic carbocycles. The van der Waals surface area contributed by atoms with Crippen LogP contribution in [-0.4, -0.2) is 25.6 Å². The molecule has 1 N–H and O–H groups in total. The van der Waals surface area contributed by atoms with Crippen molar-refractivity contribution in [3.63, 3.8) is 0 Å². The minimum atomic E-state index is -0.584. The molecule has 0 radical (unpaired) electrons. The minimum Gasteiger partial charge on any atom is -0.497 e. The summed E-state index contributed by atoms with van der Waals surface area (Å²) in [7, 11) is 1.51. The molecule has 24 heavy (non-hydrogen) atoms. The molecular weight excluding hydrogens is 330 g/mol. The van der Waals surface area contributed by atoms with Crippen molar-refractivity contribution in [3.05, 3.63) is 64.7 Å². The standard InChI is InChI=1S/C18H18ClNO4/c1-12(13-5-3-7-15(19)9-13)20-17(21)11-24-18(22)14-6-4-8-16(10-14)23-2/h3-10,12H,11H2,1-2H3,(H,20,21). The third kappa shape index (κ3) is 4.99. The number of hydrogen-bond donors (Lipinski definition) is 1. The van der Waals surface area contributed by atoms with Gasteiger partial charge in [-0.05, 0) is 42.8 Å². The van der Waals surface area contributed by atoms with Crippen LogP contribution >= 0.6 is 11.6 Å². The smallest absolute Gasteiger partial charge is 0.338 e. The zero-order valence-corrected chi connectivity index (χ0v) is 14.2. The van der Waals surface area contributed by atoms with Crippen molar-refractivity contribution in [3.8, 4) is 5.75 Å². The van der Waals surface area contributed by atoms with Gasteiger partial charge < -0.3 is 14.8 Å². The van der Waals surface area contributed by atoms with Gasteiger partial charge in [0, 0.05) is 5.02 Å². The van der Waals surface area contributed by atoms with Crippen LogP contribution in [0.4, 0.5) is 0 Å². The van der Waals surface area contributed by atoms with Crippen LogP contribution in [0.15, 0.2) is 48.5 Å². The summed E-state index contributed by atoms with van der Waals surface area (Å²) in [6.45, 7) is 1.47. The lowest BCUT2D eigenvalue weighted by Crippen LogP contribution is -2.31. The topological polar surface area (TPSA) is 64.6 Å². The fourth-order valence-electron chi connectivity index (χ4n) is 2.11. The van der Waals surface area contributed by atoms with Crippen molar-refractivity contribution >= 4 is 23.5 Å². The van der Waals surface area contributed by atoms with Crippen LogP contribution in [0.25, 0.3) is 0 Å². The molecule has 1 amide bonds. The van der Waals surface area contributed by atoms with E-state index in [1.807, 2.05) is 19.1 Å². The van der Waals surface area contributed by atoms with Crippen molar-refractivity contribution in [2.75, 3.05) is 13.7 Å². The van der Waals surface area contributed by atoms with Gasteiger partial charge in [-0.3, -0.25) is 4.79 Å². The van der Waals surface area contributed by atoms with E-state index < -0.39 is 11.9 Å². The van der Waals surface area contributed by atoms with Crippen molar-refractivity contribution in [2.45, 2.75) is 13.0 Å². The molecule has 0 aromatic heterocycles. The molecule has 1 unspecified atom stereocenters. The Morgan fingerprint density at radius 3 is 2.62 bits per heavy atom. The van der Waals surface area contributed by atoms with Gasteiger partial charge in [-0.1, -0.05) is 29.8 Å². The first-order chi connectivity index (χ1) is 11.5. The molecule has 2 aromatic carbocycles. The first-order valence-electron chi connectivity index (χ1n) is 7.35. The molecule has 0 saturated heterocycles. The molecule has 2 aromatic rings. The van der Waals surface area contributed by atoms with E-state index in [-0.39, 0.29) is 12.6 Å². The summed E-state index contributed by atoms with van der Waals surface area (Å²) < 4.78 is 10.1. The fourth-order valence-corrected chi connectivity index (χ4v) is 2.31. The Morgan fingerprint density at radius 2 is 1.92 bits per heavy atom. The Labute approximate surface area is 145 Å². The second kappa shape index (κ2) is 8.36. The van der Waals surface area contributed by atoms with Gasteiger partial charge in [-0.15, -0.1) is 0 Å². The Bertz CT molecular complexity index is 732. The molecule has 0 saturated carbocycles. The molecule has 0 aliphatic rings. The predicted molar refractivity (Wildman–Crippen MR) is 91.3 cm³/mol. The predicted octanol–water partition coefficient (Wildman–Crippen LogP) is 3.38. The number of benzene rings is 2. The fraction of sp³-hybridized carbons (Fsp3) is 0.222. The average molecular weight is 348 g/mol. The second-order valence-corrected chi connectivity index (χ2v) is 5.59. The Morgan fingerprint density at radius 1 is 1.17 bits per heavy atom. The SMILES string of the molecule is COc1cccc(C(=O)OCC(=O)NC(C)c2cccc(Cl)c2)c1. The van der Waals surface area contributed by atoms with Crippen LogP contribution in [-0.2, 0) is 9.53 Å². The van der Waals surface area contributed by atoms with Crippen LogP contribution in [0.1, 0.15) is 28.9 Å². The number of hydrogen-bond acceptors (Lipinski definition) is 4. The molecule has 126 valence electrons. The highest BCUT2D eigenvalue weighted by Crippen LogP contribution is 2.17. The van der Waals surface area contributed by atoms with Crippen molar-refractivity contribution < 1.29 is 19.1 Å². The van der Waals surface area contributed by atoms with E-state index in [9.17, 15) is 9.59 Å². The van der Waals surface area contributed by atoms with Gasteiger partial charge in [-0.2, -0.15) is 0 Å². The molecular formula is C18H18ClNO4. The van der Waals surface area contributed by atoms with Gasteiger partial charge in [0.1, 0.15) is 5.75 Å². The number of amides is 1. The summed E-state index contributed by atoms with van der Waals surface area (Å²) in [6, 6.07) is 13.5. The summed E-state index contributed by atoms with van der Waals surface area (Å²) >= 11 is 5.93. The lowest BCUT2D eigenvalue weighted by atomic mass is 10.1. The number of ether oxygens (including phenoxy) is 2. The molecule has 5 nitrogen and oxygen atoms in total. The first-order valence-corrected chi connectivity index (χ1v) is 7.73. The maximum Gasteiger partial charge on any atom is 0.338 e. The third-order valence-electron chi connectivity index (χ3n) is 3.37. The quantitative estimate of drug-likeness (QED) is 0.813. The summed E-state index contributed by atoms with van der Waals surface area (Å²) in [4.78, 5) is 23.9. The van der Waals surface area contributed by atoms with Gasteiger partial charge >= 0.3 is 5.97 Å². The van der Waals surface area contributed by atoms with Gasteiger partial charge in [0.2, 0.25) is 0 Å². The first kappa shape index (κ1) is 17.8. The number of methoxy groups -OCH3 is 1. The van der Waals surface area contributed by atoms with Crippen molar-refractivity contribution in [2.24, 2.45) is 0 Å². The monoisotopic (exact) mass is 347 g/mol. The molecule has 0 aliphatic heterocycles. The zero-order valence-electron chi connectivity index (χ0n) is 13.4. The van der Waals surface area contributed by atoms with E-state index in [1.54, 1.807) is 36.4 Å². The number of carbonyl (C=O) groups is 2. The van der Waals surface area contributed by atoms with Gasteiger partial charge in [0.25, 0.3) is 5.91 Å². The third-order valence-corrected chi connectivity index (χ3v) is 3.60. The van der Waals surface area contributed by atoms with Crippen LogP contribution < -0.4 is 10.1 Å². The molecule has 0 spiro atoms. The molecule has 0 bridgehead atoms. The highest BCUT2D eigenvalue weighted by atomic mass is 35.5. The van der Waals surface area contributed by atoms with Crippen molar-refractivity contribution in [1.82, 2.24) is 5.32 Å². The average Bonchev–Trinajstić information content (AvgIpc) is 2.59. The van der Waals surface area contributed by atoms with E-state index in [0.29, 0.717) is 16.3 Å². The highest BCUT2D eigenvalue weighted by Gasteiger charge is 2.13. The minimum absolute atomic E-state index is 0.244. The van der Waals surface area contributed by atoms with Crippen LogP contribution in [0.5, 0.6) is 5.75 Å². The summed E-state index contributed by atoms with van der Waals surface area (Å²) in [5, 5.41) is 3.35. The van der Waals surface area contributed by atoms with Crippen LogP contribution in [0.3, 0.4) is 0 Å². The van der Waals surface area contributed by atoms with E-state index in [4.69, 9.17) is 21.1 Å². The number of rotatable bonds is 6. The summed E-state index contributed by atoms with van der Waals surface area (Å²) in [6.07, 6.45) is 0. The summed E-state index contributed by atoms with van der Waals surface area (Å²) in [5.41, 5.74) is 1.19. The highest BCUT2D eigenvalue weighted by molar-refractivity contribution is 6.30. The van der Waals surface area contributed by atoms with Gasteiger partial charge in [0.15, 0.2) is 6.61 Å². The Kier molecular flexibility index (Phi) is 6.21. The van der Waals surface area contributed by atoms with Crippen molar-refractivity contribution in [1.29, 1.82) is 0 Å². The molecule has 6 heteroatoms. The maximum absolute atomic E-state index is 11.9. The van der Waals surface area contributed by atoms with Gasteiger partial charge in [-0.25, -0.2) is 4.79 Å². The number of carbonyl (C=O) groups excluding carboxylic acids is 2. The Hall–Kier alpha value is -2.53. The summed E-state index contributed by atoms with van der Waals surface area (Å²) in [5.74, 6) is -0.429. The molecule has 2 rings (SSSR count).